The van der Waals surface area contributed by atoms with E-state index in [1.54, 1.807) is 36.4 Å². The average Bonchev–Trinajstić information content (AvgIpc) is 2.82. The van der Waals surface area contributed by atoms with Gasteiger partial charge in [-0.05, 0) is 42.2 Å². The highest BCUT2D eigenvalue weighted by atomic mass is 31.2. The Hall–Kier alpha value is -3.03. The first-order chi connectivity index (χ1) is 17.3. The maximum Gasteiger partial charge on any atom is 0.261 e. The summed E-state index contributed by atoms with van der Waals surface area (Å²) in [4.78, 5) is 63.7. The van der Waals surface area contributed by atoms with Gasteiger partial charge in [0.2, 0.25) is 19.2 Å². The number of rotatable bonds is 11. The number of amides is 4. The molecule has 2 unspecified atom stereocenters. The Bertz CT molecular complexity index is 1210. The van der Waals surface area contributed by atoms with Gasteiger partial charge in [-0.3, -0.25) is 28.6 Å². The second kappa shape index (κ2) is 11.6. The molecule has 0 aliphatic carbocycles. The van der Waals surface area contributed by atoms with E-state index in [0.29, 0.717) is 29.4 Å². The predicted octanol–water partition coefficient (Wildman–Crippen LogP) is 3.60. The highest BCUT2D eigenvalue weighted by molar-refractivity contribution is 7.58. The molecule has 1 aliphatic heterocycles. The number of nitrogens with zero attached hydrogens (tertiary/aromatic N) is 1. The van der Waals surface area contributed by atoms with Crippen molar-refractivity contribution in [1.82, 2.24) is 15.5 Å². The van der Waals surface area contributed by atoms with Crippen molar-refractivity contribution >= 4 is 41.8 Å². The van der Waals surface area contributed by atoms with E-state index in [1.807, 2.05) is 27.7 Å². The molecular formula is C27H36N3O6P. The minimum absolute atomic E-state index is 0.0297. The number of carbonyl (C=O) groups excluding carboxylic acids is 4. The van der Waals surface area contributed by atoms with Crippen LogP contribution in [-0.2, 0) is 14.2 Å². The van der Waals surface area contributed by atoms with Crippen molar-refractivity contribution in [3.05, 3.63) is 47.5 Å². The van der Waals surface area contributed by atoms with Gasteiger partial charge in [-0.15, -0.1) is 0 Å². The molecule has 0 aromatic heterocycles. The van der Waals surface area contributed by atoms with Crippen LogP contribution in [0.1, 0.15) is 61.3 Å². The fourth-order valence-corrected chi connectivity index (χ4v) is 6.65. The third-order valence-corrected chi connectivity index (χ3v) is 8.17. The number of nitrogens with one attached hydrogen (secondary N) is 2. The van der Waals surface area contributed by atoms with Crippen LogP contribution in [-0.4, -0.2) is 59.0 Å². The zero-order valence-electron chi connectivity index (χ0n) is 22.0. The number of imide groups is 1. The van der Waals surface area contributed by atoms with Gasteiger partial charge in [0.25, 0.3) is 11.8 Å². The van der Waals surface area contributed by atoms with Crippen LogP contribution in [0.5, 0.6) is 0 Å². The summed E-state index contributed by atoms with van der Waals surface area (Å²) >= 11 is 0. The maximum atomic E-state index is 13.4. The molecule has 0 radical (unpaired) electrons. The largest absolute Gasteiger partial charge is 0.357 e. The summed E-state index contributed by atoms with van der Waals surface area (Å²) in [7, 11) is -2.68. The molecule has 3 N–H and O–H groups in total. The van der Waals surface area contributed by atoms with Crippen molar-refractivity contribution in [3.8, 4) is 0 Å². The van der Waals surface area contributed by atoms with Crippen LogP contribution >= 0.6 is 7.37 Å². The number of benzene rings is 2. The molecule has 9 nitrogen and oxygen atoms in total. The lowest BCUT2D eigenvalue weighted by Crippen LogP contribution is -2.49. The first-order valence-electron chi connectivity index (χ1n) is 12.5. The molecular weight excluding hydrogens is 493 g/mol. The summed E-state index contributed by atoms with van der Waals surface area (Å²) in [5.41, 5.74) is 0.595. The van der Waals surface area contributed by atoms with Crippen molar-refractivity contribution in [3.63, 3.8) is 0 Å². The van der Waals surface area contributed by atoms with Crippen LogP contribution in [0.4, 0.5) is 0 Å². The molecule has 2 aromatic carbocycles. The van der Waals surface area contributed by atoms with E-state index in [2.05, 4.69) is 10.6 Å². The van der Waals surface area contributed by atoms with Gasteiger partial charge >= 0.3 is 0 Å². The molecule has 3 rings (SSSR count). The van der Waals surface area contributed by atoms with E-state index in [9.17, 15) is 28.6 Å². The summed E-state index contributed by atoms with van der Waals surface area (Å²) in [5.74, 6) is -2.81. The number of hydrogen-bond donors (Lipinski definition) is 3. The lowest BCUT2D eigenvalue weighted by Gasteiger charge is -2.30. The predicted molar refractivity (Wildman–Crippen MR) is 142 cm³/mol. The maximum absolute atomic E-state index is 13.4. The summed E-state index contributed by atoms with van der Waals surface area (Å²) in [5, 5.41) is 6.56. The van der Waals surface area contributed by atoms with Crippen LogP contribution in [0.3, 0.4) is 0 Å². The Morgan fingerprint density at radius 2 is 1.46 bits per heavy atom. The molecule has 4 amide bonds. The minimum Gasteiger partial charge on any atom is -0.357 e. The zero-order valence-corrected chi connectivity index (χ0v) is 22.9. The monoisotopic (exact) mass is 529 g/mol. The molecule has 0 fully saturated rings. The Balaban J connectivity index is 1.82. The topological polar surface area (TPSA) is 133 Å². The van der Waals surface area contributed by atoms with Gasteiger partial charge in [-0.25, -0.2) is 0 Å². The molecule has 0 saturated carbocycles. The molecule has 0 saturated heterocycles. The van der Waals surface area contributed by atoms with Gasteiger partial charge in [0, 0.05) is 35.6 Å². The second-order valence-corrected chi connectivity index (χ2v) is 12.9. The van der Waals surface area contributed by atoms with E-state index >= 15 is 0 Å². The van der Waals surface area contributed by atoms with E-state index < -0.39 is 49.5 Å². The van der Waals surface area contributed by atoms with Crippen LogP contribution in [0.15, 0.2) is 36.4 Å². The second-order valence-electron chi connectivity index (χ2n) is 10.5. The van der Waals surface area contributed by atoms with Gasteiger partial charge in [0.15, 0.2) is 0 Å². The van der Waals surface area contributed by atoms with Crippen LogP contribution in [0.2, 0.25) is 0 Å². The highest BCUT2D eigenvalue weighted by Crippen LogP contribution is 2.46. The Kier molecular flexibility index (Phi) is 8.92. The van der Waals surface area contributed by atoms with Gasteiger partial charge in [-0.1, -0.05) is 52.0 Å². The third-order valence-electron chi connectivity index (χ3n) is 6.44. The minimum atomic E-state index is -4.17. The van der Waals surface area contributed by atoms with Gasteiger partial charge in [-0.2, -0.15) is 0 Å². The highest BCUT2D eigenvalue weighted by Gasteiger charge is 2.39. The Labute approximate surface area is 217 Å². The summed E-state index contributed by atoms with van der Waals surface area (Å²) in [6.07, 6.45) is -0.384. The third kappa shape index (κ3) is 6.65. The van der Waals surface area contributed by atoms with Crippen molar-refractivity contribution in [1.29, 1.82) is 0 Å². The van der Waals surface area contributed by atoms with E-state index in [1.165, 1.54) is 7.05 Å². The summed E-state index contributed by atoms with van der Waals surface area (Å²) in [6.45, 7) is 7.65. The fourth-order valence-electron chi connectivity index (χ4n) is 4.83. The molecule has 0 bridgehead atoms. The van der Waals surface area contributed by atoms with Crippen LogP contribution < -0.4 is 10.6 Å². The first-order valence-corrected chi connectivity index (χ1v) is 14.6. The summed E-state index contributed by atoms with van der Waals surface area (Å²) in [6, 6.07) is 9.43. The molecule has 1 heterocycles. The smallest absolute Gasteiger partial charge is 0.261 e. The summed E-state index contributed by atoms with van der Waals surface area (Å²) < 4.78 is 13.4. The molecule has 3 atom stereocenters. The molecule has 2 aromatic rings. The normalized spacial score (nSPS) is 16.6. The Morgan fingerprint density at radius 1 is 0.919 bits per heavy atom. The molecule has 0 spiro atoms. The molecule has 10 heteroatoms. The zero-order chi connectivity index (χ0) is 27.5. The van der Waals surface area contributed by atoms with E-state index in [4.69, 9.17) is 0 Å². The van der Waals surface area contributed by atoms with Crippen molar-refractivity contribution < 1.29 is 28.6 Å². The van der Waals surface area contributed by atoms with E-state index in [0.717, 1.165) is 10.3 Å². The standard InChI is InChI=1S/C27H36N3O6P/c1-16(2)12-19(24(31)29-22(13-17(3)4)25(32)28-5)14-37(35,36)15-30-26(33)20-10-6-8-18-9-7-11-21(23(18)20)27(30)34/h6-11,16-17,19,22H,12-15H2,1-5H3,(H,28,32)(H,29,31)(H,35,36)/t19?,22-/m0/s1. The number of likely N-dealkylation sites (N-methyl/N-ethyl adjacent to an activating group) is 1. The van der Waals surface area contributed by atoms with Crippen molar-refractivity contribution in [2.45, 2.75) is 46.6 Å². The van der Waals surface area contributed by atoms with Crippen LogP contribution in [0.25, 0.3) is 10.8 Å². The lowest BCUT2D eigenvalue weighted by molar-refractivity contribution is -0.131. The van der Waals surface area contributed by atoms with Crippen LogP contribution in [0, 0.1) is 17.8 Å². The fraction of sp³-hybridized carbons (Fsp3) is 0.481. The van der Waals surface area contributed by atoms with Gasteiger partial charge < -0.3 is 15.5 Å². The van der Waals surface area contributed by atoms with E-state index in [-0.39, 0.29) is 17.7 Å². The number of carbonyl (C=O) groups is 4. The van der Waals surface area contributed by atoms with Crippen molar-refractivity contribution in [2.75, 3.05) is 19.5 Å². The SMILES string of the molecule is CNC(=O)[C@H](CC(C)C)NC(=O)C(CC(C)C)CP(=O)(O)CN1C(=O)c2cccc3cccc(c23)C1=O. The molecule has 200 valence electrons. The van der Waals surface area contributed by atoms with Gasteiger partial charge in [0.05, 0.1) is 0 Å². The van der Waals surface area contributed by atoms with Crippen molar-refractivity contribution in [2.24, 2.45) is 17.8 Å². The first kappa shape index (κ1) is 28.5. The number of hydrogen-bond acceptors (Lipinski definition) is 5. The quantitative estimate of drug-likeness (QED) is 0.301. The van der Waals surface area contributed by atoms with Gasteiger partial charge in [0.1, 0.15) is 12.3 Å². The molecule has 1 aliphatic rings. The lowest BCUT2D eigenvalue weighted by atomic mass is 9.94. The molecule has 37 heavy (non-hydrogen) atoms. The average molecular weight is 530 g/mol. The Morgan fingerprint density at radius 3 is 1.95 bits per heavy atom.